The Morgan fingerprint density at radius 3 is 2.44 bits per heavy atom. The van der Waals surface area contributed by atoms with Crippen LogP contribution in [0.4, 0.5) is 10.1 Å². The minimum Gasteiger partial charge on any atom is -0.378 e. The Bertz CT molecular complexity index is 542. The fraction of sp³-hybridized carbons (Fsp3) is 0.143. The summed E-state index contributed by atoms with van der Waals surface area (Å²) in [6.45, 7) is 1.99. The van der Waals surface area contributed by atoms with Crippen molar-refractivity contribution < 1.29 is 4.39 Å². The number of benzene rings is 2. The first-order valence-electron chi connectivity index (χ1n) is 5.53. The van der Waals surface area contributed by atoms with E-state index in [0.29, 0.717) is 5.02 Å². The van der Waals surface area contributed by atoms with Crippen LogP contribution in [0.25, 0.3) is 0 Å². The summed E-state index contributed by atoms with van der Waals surface area (Å²) in [6, 6.07) is 12.3. The van der Waals surface area contributed by atoms with Crippen LogP contribution in [0.15, 0.2) is 46.9 Å². The zero-order valence-corrected chi connectivity index (χ0v) is 12.1. The number of nitrogens with one attached hydrogen (secondary N) is 1. The average Bonchev–Trinajstić information content (AvgIpc) is 2.32. The largest absolute Gasteiger partial charge is 0.378 e. The van der Waals surface area contributed by atoms with E-state index < -0.39 is 0 Å². The molecule has 1 nitrogen and oxygen atoms in total. The highest BCUT2D eigenvalue weighted by atomic mass is 79.9. The van der Waals surface area contributed by atoms with E-state index in [1.165, 1.54) is 12.1 Å². The number of halogens is 3. The summed E-state index contributed by atoms with van der Waals surface area (Å²) in [5.74, 6) is -0.320. The second kappa shape index (κ2) is 5.72. The van der Waals surface area contributed by atoms with Gasteiger partial charge in [-0.25, -0.2) is 4.39 Å². The van der Waals surface area contributed by atoms with Crippen LogP contribution in [0.2, 0.25) is 5.02 Å². The number of hydrogen-bond acceptors (Lipinski definition) is 1. The maximum Gasteiger partial charge on any atom is 0.124 e. The van der Waals surface area contributed by atoms with Gasteiger partial charge in [0.2, 0.25) is 0 Å². The smallest absolute Gasteiger partial charge is 0.124 e. The van der Waals surface area contributed by atoms with Crippen molar-refractivity contribution in [1.82, 2.24) is 0 Å². The van der Waals surface area contributed by atoms with Crippen molar-refractivity contribution in [2.45, 2.75) is 13.0 Å². The Hall–Kier alpha value is -1.06. The predicted molar refractivity (Wildman–Crippen MR) is 77.6 cm³/mol. The molecule has 2 aromatic carbocycles. The molecule has 0 bridgehead atoms. The number of hydrogen-bond donors (Lipinski definition) is 1. The molecule has 0 spiro atoms. The lowest BCUT2D eigenvalue weighted by Crippen LogP contribution is -2.07. The first-order chi connectivity index (χ1) is 8.56. The van der Waals surface area contributed by atoms with Gasteiger partial charge < -0.3 is 5.32 Å². The first-order valence-corrected chi connectivity index (χ1v) is 6.70. The lowest BCUT2D eigenvalue weighted by Gasteiger charge is -2.17. The summed E-state index contributed by atoms with van der Waals surface area (Å²) >= 11 is 9.41. The molecule has 0 aliphatic carbocycles. The summed E-state index contributed by atoms with van der Waals surface area (Å²) in [5.41, 5.74) is 1.87. The van der Waals surface area contributed by atoms with Crippen LogP contribution in [0.5, 0.6) is 0 Å². The van der Waals surface area contributed by atoms with E-state index in [1.807, 2.05) is 31.2 Å². The molecule has 1 unspecified atom stereocenters. The lowest BCUT2D eigenvalue weighted by atomic mass is 10.1. The molecule has 18 heavy (non-hydrogen) atoms. The minimum absolute atomic E-state index is 0.0132. The number of rotatable bonds is 3. The van der Waals surface area contributed by atoms with Gasteiger partial charge in [0.15, 0.2) is 0 Å². The summed E-state index contributed by atoms with van der Waals surface area (Å²) < 4.78 is 14.0. The zero-order valence-electron chi connectivity index (χ0n) is 9.75. The lowest BCUT2D eigenvalue weighted by molar-refractivity contribution is 0.626. The third-order valence-corrected chi connectivity index (χ3v) is 3.51. The van der Waals surface area contributed by atoms with Crippen molar-refractivity contribution in [3.63, 3.8) is 0 Å². The molecule has 4 heteroatoms. The molecule has 2 aromatic rings. The van der Waals surface area contributed by atoms with Gasteiger partial charge in [-0.05, 0) is 48.9 Å². The maximum absolute atomic E-state index is 13.0. The molecule has 0 radical (unpaired) electrons. The highest BCUT2D eigenvalue weighted by molar-refractivity contribution is 9.10. The van der Waals surface area contributed by atoms with Crippen LogP contribution >= 0.6 is 27.5 Å². The van der Waals surface area contributed by atoms with E-state index in [-0.39, 0.29) is 11.9 Å². The van der Waals surface area contributed by atoms with Gasteiger partial charge in [-0.15, -0.1) is 0 Å². The molecule has 1 N–H and O–H groups in total. The van der Waals surface area contributed by atoms with Crippen LogP contribution in [0.3, 0.4) is 0 Å². The minimum atomic E-state index is -0.320. The van der Waals surface area contributed by atoms with E-state index in [0.717, 1.165) is 15.7 Å². The van der Waals surface area contributed by atoms with Gasteiger partial charge in [-0.2, -0.15) is 0 Å². The maximum atomic E-state index is 13.0. The Kier molecular flexibility index (Phi) is 4.25. The van der Waals surface area contributed by atoms with E-state index in [2.05, 4.69) is 21.2 Å². The molecule has 0 saturated carbocycles. The Morgan fingerprint density at radius 1 is 1.17 bits per heavy atom. The van der Waals surface area contributed by atoms with E-state index in [9.17, 15) is 4.39 Å². The van der Waals surface area contributed by atoms with E-state index in [1.54, 1.807) is 6.07 Å². The summed E-state index contributed by atoms with van der Waals surface area (Å²) in [7, 11) is 0. The molecule has 0 saturated heterocycles. The second-order valence-corrected chi connectivity index (χ2v) is 5.36. The summed E-state index contributed by atoms with van der Waals surface area (Å²) in [5, 5.41) is 3.76. The third-order valence-electron chi connectivity index (χ3n) is 2.66. The van der Waals surface area contributed by atoms with Crippen LogP contribution in [-0.2, 0) is 0 Å². The molecular weight excluding hydrogens is 317 g/mol. The molecular formula is C14H12BrClFN. The number of anilines is 1. The van der Waals surface area contributed by atoms with Crippen molar-refractivity contribution in [2.75, 3.05) is 5.32 Å². The quantitative estimate of drug-likeness (QED) is 0.794. The van der Waals surface area contributed by atoms with Crippen molar-refractivity contribution in [3.05, 3.63) is 63.3 Å². The van der Waals surface area contributed by atoms with Crippen LogP contribution < -0.4 is 5.32 Å². The van der Waals surface area contributed by atoms with Crippen LogP contribution in [-0.4, -0.2) is 0 Å². The highest BCUT2D eigenvalue weighted by Crippen LogP contribution is 2.27. The van der Waals surface area contributed by atoms with E-state index >= 15 is 0 Å². The summed E-state index contributed by atoms with van der Waals surface area (Å²) in [6.07, 6.45) is 0. The molecule has 0 amide bonds. The fourth-order valence-corrected chi connectivity index (χ4v) is 2.32. The van der Waals surface area contributed by atoms with Gasteiger partial charge >= 0.3 is 0 Å². The monoisotopic (exact) mass is 327 g/mol. The normalized spacial score (nSPS) is 12.2. The van der Waals surface area contributed by atoms with Crippen molar-refractivity contribution in [2.24, 2.45) is 0 Å². The van der Waals surface area contributed by atoms with Gasteiger partial charge in [-0.3, -0.25) is 0 Å². The molecule has 1 atom stereocenters. The molecule has 0 fully saturated rings. The van der Waals surface area contributed by atoms with Gasteiger partial charge in [0.1, 0.15) is 5.82 Å². The zero-order chi connectivity index (χ0) is 13.1. The molecule has 0 aromatic heterocycles. The molecule has 0 heterocycles. The topological polar surface area (TPSA) is 12.0 Å². The second-order valence-electron chi connectivity index (χ2n) is 4.04. The third kappa shape index (κ3) is 3.24. The van der Waals surface area contributed by atoms with Crippen molar-refractivity contribution >= 4 is 33.2 Å². The van der Waals surface area contributed by atoms with Gasteiger partial charge in [0, 0.05) is 21.2 Å². The van der Waals surface area contributed by atoms with Crippen molar-refractivity contribution in [1.29, 1.82) is 0 Å². The Labute approximate surface area is 119 Å². The van der Waals surface area contributed by atoms with Crippen LogP contribution in [0.1, 0.15) is 18.5 Å². The van der Waals surface area contributed by atoms with E-state index in [4.69, 9.17) is 11.6 Å². The molecule has 94 valence electrons. The molecule has 2 rings (SSSR count). The fourth-order valence-electron chi connectivity index (χ4n) is 1.73. The highest BCUT2D eigenvalue weighted by Gasteiger charge is 2.10. The first kappa shape index (κ1) is 13.4. The molecule has 0 aliphatic rings. The Balaban J connectivity index is 2.16. The predicted octanol–water partition coefficient (Wildman–Crippen LogP) is 5.41. The molecule has 0 aliphatic heterocycles. The summed E-state index contributed by atoms with van der Waals surface area (Å²) in [4.78, 5) is 0. The Morgan fingerprint density at radius 2 is 1.83 bits per heavy atom. The standard InChI is InChI=1S/C14H12BrClFN/c1-9(13-7-4-11(17)8-14(13)16)18-12-5-2-10(15)3-6-12/h2-9,18H,1H3. The van der Waals surface area contributed by atoms with Gasteiger partial charge in [0.25, 0.3) is 0 Å². The average molecular weight is 329 g/mol. The van der Waals surface area contributed by atoms with Crippen molar-refractivity contribution in [3.8, 4) is 0 Å². The van der Waals surface area contributed by atoms with Gasteiger partial charge in [0.05, 0.1) is 0 Å². The SMILES string of the molecule is CC(Nc1ccc(Br)cc1)c1ccc(F)cc1Cl. The van der Waals surface area contributed by atoms with Gasteiger partial charge in [-0.1, -0.05) is 33.6 Å². The van der Waals surface area contributed by atoms with Crippen LogP contribution in [0, 0.1) is 5.82 Å².